The fourth-order valence-electron chi connectivity index (χ4n) is 3.53. The number of nitrogens with zero attached hydrogens (tertiary/aromatic N) is 4. The molecule has 13 heteroatoms. The van der Waals surface area contributed by atoms with E-state index in [4.69, 9.17) is 18.9 Å². The molecule has 0 unspecified atom stereocenters. The van der Waals surface area contributed by atoms with Crippen molar-refractivity contribution in [1.82, 2.24) is 19.9 Å². The minimum atomic E-state index is -4.24. The molecule has 0 atom stereocenters. The Kier molecular flexibility index (Phi) is 8.43. The average molecular weight is 566 g/mol. The van der Waals surface area contributed by atoms with Gasteiger partial charge in [0.2, 0.25) is 5.75 Å². The van der Waals surface area contributed by atoms with Gasteiger partial charge in [-0.1, -0.05) is 32.0 Å². The number of methoxy groups -OCH3 is 3. The Balaban J connectivity index is 1.86. The highest BCUT2D eigenvalue weighted by Gasteiger charge is 2.26. The first kappa shape index (κ1) is 28.2. The Morgan fingerprint density at radius 2 is 1.68 bits per heavy atom. The van der Waals surface area contributed by atoms with Crippen LogP contribution in [0.5, 0.6) is 23.1 Å². The predicted octanol–water partition coefficient (Wildman–Crippen LogP) is 4.45. The van der Waals surface area contributed by atoms with Crippen LogP contribution in [-0.4, -0.2) is 55.7 Å². The maximum atomic E-state index is 13.4. The third kappa shape index (κ3) is 6.10. The largest absolute Gasteiger partial charge is 0.493 e. The number of pyridine rings is 2. The van der Waals surface area contributed by atoms with Crippen LogP contribution in [-0.2, 0) is 14.8 Å². The number of aromatic nitrogens is 4. The highest BCUT2D eigenvalue weighted by atomic mass is 32.2. The van der Waals surface area contributed by atoms with Crippen LogP contribution in [0.4, 0.5) is 5.82 Å². The predicted molar refractivity (Wildman–Crippen MR) is 145 cm³/mol. The lowest BCUT2D eigenvalue weighted by molar-refractivity contribution is 0.0594. The Bertz CT molecular complexity index is 1630. The van der Waals surface area contributed by atoms with E-state index in [0.29, 0.717) is 11.3 Å². The van der Waals surface area contributed by atoms with Crippen LogP contribution in [0.1, 0.15) is 35.8 Å². The van der Waals surface area contributed by atoms with Crippen LogP contribution in [0.15, 0.2) is 66.0 Å². The topological polar surface area (TPSA) is 152 Å². The van der Waals surface area contributed by atoms with E-state index < -0.39 is 16.0 Å². The van der Waals surface area contributed by atoms with Gasteiger partial charge in [-0.3, -0.25) is 4.72 Å². The van der Waals surface area contributed by atoms with Gasteiger partial charge in [0.15, 0.2) is 28.2 Å². The van der Waals surface area contributed by atoms with E-state index >= 15 is 0 Å². The first-order valence-electron chi connectivity index (χ1n) is 12.0. The maximum Gasteiger partial charge on any atom is 0.356 e. The van der Waals surface area contributed by atoms with Gasteiger partial charge in [0.05, 0.1) is 21.3 Å². The molecule has 4 rings (SSSR count). The molecule has 0 amide bonds. The first-order chi connectivity index (χ1) is 19.2. The number of hydrogen-bond donors (Lipinski definition) is 1. The van der Waals surface area contributed by atoms with E-state index in [1.165, 1.54) is 45.9 Å². The Morgan fingerprint density at radius 3 is 2.30 bits per heavy atom. The van der Waals surface area contributed by atoms with Gasteiger partial charge < -0.3 is 18.9 Å². The fraction of sp³-hybridized carbons (Fsp3) is 0.222. The molecule has 1 aromatic carbocycles. The second-order valence-corrected chi connectivity index (χ2v) is 10.2. The van der Waals surface area contributed by atoms with Crippen LogP contribution in [0, 0.1) is 0 Å². The van der Waals surface area contributed by atoms with Gasteiger partial charge in [0.25, 0.3) is 15.9 Å². The van der Waals surface area contributed by atoms with E-state index in [2.05, 4.69) is 24.7 Å². The molecule has 0 fully saturated rings. The fourth-order valence-corrected chi connectivity index (χ4v) is 4.47. The van der Waals surface area contributed by atoms with Crippen molar-refractivity contribution in [3.05, 3.63) is 72.2 Å². The molecule has 12 nitrogen and oxygen atoms in total. The molecule has 208 valence electrons. The molecule has 0 saturated heterocycles. The van der Waals surface area contributed by atoms with Gasteiger partial charge in [-0.2, -0.15) is 13.4 Å². The van der Waals surface area contributed by atoms with Crippen LogP contribution in [0.3, 0.4) is 0 Å². The molecule has 0 aliphatic carbocycles. The quantitative estimate of drug-likeness (QED) is 0.271. The number of carbonyl (C=O) groups is 1. The minimum Gasteiger partial charge on any atom is -0.493 e. The second-order valence-electron chi connectivity index (χ2n) is 8.60. The summed E-state index contributed by atoms with van der Waals surface area (Å²) in [6.07, 6.45) is 2.88. The molecule has 0 aliphatic rings. The number of benzene rings is 1. The van der Waals surface area contributed by atoms with Gasteiger partial charge >= 0.3 is 5.97 Å². The third-order valence-electron chi connectivity index (χ3n) is 5.65. The van der Waals surface area contributed by atoms with Gasteiger partial charge in [0.1, 0.15) is 5.69 Å². The zero-order valence-corrected chi connectivity index (χ0v) is 23.2. The minimum absolute atomic E-state index is 0.00786. The van der Waals surface area contributed by atoms with Crippen molar-refractivity contribution < 1.29 is 32.2 Å². The van der Waals surface area contributed by atoms with Crippen molar-refractivity contribution in [1.29, 1.82) is 0 Å². The zero-order valence-electron chi connectivity index (χ0n) is 22.4. The van der Waals surface area contributed by atoms with Crippen molar-refractivity contribution in [2.24, 2.45) is 0 Å². The van der Waals surface area contributed by atoms with Crippen molar-refractivity contribution >= 4 is 21.8 Å². The zero-order chi connectivity index (χ0) is 28.9. The van der Waals surface area contributed by atoms with E-state index in [1.54, 1.807) is 36.4 Å². The lowest BCUT2D eigenvalue weighted by atomic mass is 10.1. The SMILES string of the molecule is COC(=O)c1cc(-c2nc(NS(=O)(=O)c3ccc(C(C)C)cn3)c(Oc3ccccc3OC)c(OC)n2)ccn1. The number of nitrogens with one attached hydrogen (secondary N) is 1. The molecule has 3 aromatic heterocycles. The number of carbonyl (C=O) groups excluding carboxylic acids is 1. The summed E-state index contributed by atoms with van der Waals surface area (Å²) in [7, 11) is -0.194. The Labute approximate surface area is 231 Å². The molecule has 3 heterocycles. The summed E-state index contributed by atoms with van der Waals surface area (Å²) in [4.78, 5) is 29.0. The number of hydrogen-bond acceptors (Lipinski definition) is 11. The average Bonchev–Trinajstić information content (AvgIpc) is 2.97. The molecule has 0 bridgehead atoms. The summed E-state index contributed by atoms with van der Waals surface area (Å²) in [6.45, 7) is 3.95. The Hall–Kier alpha value is -4.78. The molecule has 4 aromatic rings. The molecular weight excluding hydrogens is 538 g/mol. The molecule has 0 aliphatic heterocycles. The summed E-state index contributed by atoms with van der Waals surface area (Å²) in [5.74, 6) is -0.282. The highest BCUT2D eigenvalue weighted by molar-refractivity contribution is 7.92. The summed E-state index contributed by atoms with van der Waals surface area (Å²) < 4.78 is 50.9. The van der Waals surface area contributed by atoms with Gasteiger partial charge in [-0.25, -0.2) is 19.7 Å². The number of para-hydroxylation sites is 2. The summed E-state index contributed by atoms with van der Waals surface area (Å²) >= 11 is 0. The third-order valence-corrected chi connectivity index (χ3v) is 6.91. The normalized spacial score (nSPS) is 11.2. The van der Waals surface area contributed by atoms with Crippen molar-refractivity contribution in [2.75, 3.05) is 26.1 Å². The van der Waals surface area contributed by atoms with Crippen molar-refractivity contribution in [3.8, 4) is 34.5 Å². The lowest BCUT2D eigenvalue weighted by Crippen LogP contribution is -2.17. The van der Waals surface area contributed by atoms with E-state index in [9.17, 15) is 13.2 Å². The van der Waals surface area contributed by atoms with Crippen LogP contribution >= 0.6 is 0 Å². The van der Waals surface area contributed by atoms with Crippen LogP contribution < -0.4 is 18.9 Å². The molecule has 0 saturated carbocycles. The lowest BCUT2D eigenvalue weighted by Gasteiger charge is -2.17. The standard InChI is InChI=1S/C27H27N5O7S/c1-16(2)18-10-11-22(29-15-18)40(34,35)32-25-23(39-21-9-7-6-8-20(21)36-3)26(37-4)31-24(30-25)17-12-13-28-19(14-17)27(33)38-5/h6-16H,1-5H3,(H,30,31,32). The smallest absolute Gasteiger partial charge is 0.356 e. The summed E-state index contributed by atoms with van der Waals surface area (Å²) in [5.41, 5.74) is 1.23. The first-order valence-corrected chi connectivity index (χ1v) is 13.5. The van der Waals surface area contributed by atoms with Gasteiger partial charge in [0, 0.05) is 18.0 Å². The monoisotopic (exact) mass is 565 g/mol. The van der Waals surface area contributed by atoms with E-state index in [0.717, 1.165) is 5.56 Å². The van der Waals surface area contributed by atoms with Crippen LogP contribution in [0.25, 0.3) is 11.4 Å². The number of esters is 1. The maximum absolute atomic E-state index is 13.4. The van der Waals surface area contributed by atoms with Gasteiger partial charge in [-0.05, 0) is 41.8 Å². The summed E-state index contributed by atoms with van der Waals surface area (Å²) in [6, 6.07) is 12.8. The van der Waals surface area contributed by atoms with Crippen LogP contribution in [0.2, 0.25) is 0 Å². The molecule has 1 N–H and O–H groups in total. The van der Waals surface area contributed by atoms with Crippen molar-refractivity contribution in [2.45, 2.75) is 24.8 Å². The van der Waals surface area contributed by atoms with Crippen molar-refractivity contribution in [3.63, 3.8) is 0 Å². The Morgan fingerprint density at radius 1 is 0.925 bits per heavy atom. The molecular formula is C27H27N5O7S. The highest BCUT2D eigenvalue weighted by Crippen LogP contribution is 2.41. The number of ether oxygens (including phenoxy) is 4. The molecule has 0 spiro atoms. The molecule has 0 radical (unpaired) electrons. The summed E-state index contributed by atoms with van der Waals surface area (Å²) in [5, 5.41) is -0.226. The van der Waals surface area contributed by atoms with Gasteiger partial charge in [-0.15, -0.1) is 0 Å². The van der Waals surface area contributed by atoms with E-state index in [1.807, 2.05) is 13.8 Å². The second kappa shape index (κ2) is 11.9. The molecule has 40 heavy (non-hydrogen) atoms. The number of anilines is 1. The number of rotatable bonds is 10. The van der Waals surface area contributed by atoms with E-state index in [-0.39, 0.29) is 45.7 Å². The number of sulfonamides is 1.